The predicted molar refractivity (Wildman–Crippen MR) is 83.9 cm³/mol. The van der Waals surface area contributed by atoms with E-state index in [9.17, 15) is 32.3 Å². The number of ether oxygens (including phenoxy) is 1. The van der Waals surface area contributed by atoms with E-state index in [1.54, 1.807) is 0 Å². The number of carbonyl (C=O) groups is 2. The van der Waals surface area contributed by atoms with Crippen LogP contribution in [0.25, 0.3) is 0 Å². The summed E-state index contributed by atoms with van der Waals surface area (Å²) in [4.78, 5) is 22.6. The topological polar surface area (TPSA) is 100 Å². The standard InChI is InChI=1S/C14H9F4N3O4S/c1-25-10(22)4-9-12(24)20-13(26-9)21-19-5-6-8(15)3-2-7(11(6)23)14(16,17)18/h2-5,23H,1H3,(H,20,21,24)/b9-4+,19-5?. The molecular formula is C14H9F4N3O4S. The maximum atomic E-state index is 13.6. The Bertz CT molecular complexity index is 849. The number of thioether (sulfide) groups is 1. The highest BCUT2D eigenvalue weighted by molar-refractivity contribution is 8.18. The SMILES string of the molecule is COC(=O)/C=C1/S/C(=N\N=Cc2c(F)ccc(C(F)(F)F)c2O)NC1=O. The summed E-state index contributed by atoms with van der Waals surface area (Å²) >= 11 is 0.713. The second-order valence-electron chi connectivity index (χ2n) is 4.59. The summed E-state index contributed by atoms with van der Waals surface area (Å²) in [5.41, 5.74) is -2.25. The van der Waals surface area contributed by atoms with Gasteiger partial charge in [0.1, 0.15) is 11.6 Å². The van der Waals surface area contributed by atoms with Crippen LogP contribution in [0.1, 0.15) is 11.1 Å². The first-order valence-electron chi connectivity index (χ1n) is 6.62. The van der Waals surface area contributed by atoms with Gasteiger partial charge in [-0.25, -0.2) is 9.18 Å². The second-order valence-corrected chi connectivity index (χ2v) is 5.62. The zero-order valence-corrected chi connectivity index (χ0v) is 13.6. The Hall–Kier alpha value is -2.89. The molecular weight excluding hydrogens is 382 g/mol. The molecule has 0 unspecified atom stereocenters. The third kappa shape index (κ3) is 4.39. The molecule has 1 aliphatic rings. The van der Waals surface area contributed by atoms with Gasteiger partial charge in [-0.1, -0.05) is 0 Å². The second kappa shape index (κ2) is 7.56. The zero-order chi connectivity index (χ0) is 19.5. The number of rotatable bonds is 3. The van der Waals surface area contributed by atoms with Crippen LogP contribution in [0.2, 0.25) is 0 Å². The number of esters is 1. The fourth-order valence-corrected chi connectivity index (χ4v) is 2.45. The van der Waals surface area contributed by atoms with E-state index in [-0.39, 0.29) is 10.1 Å². The summed E-state index contributed by atoms with van der Waals surface area (Å²) in [6, 6.07) is 0.922. The van der Waals surface area contributed by atoms with E-state index in [4.69, 9.17) is 0 Å². The molecule has 1 saturated heterocycles. The average molecular weight is 391 g/mol. The van der Waals surface area contributed by atoms with Crippen molar-refractivity contribution in [3.05, 3.63) is 40.1 Å². The smallest absolute Gasteiger partial charge is 0.419 e. The number of hydrogen-bond donors (Lipinski definition) is 2. The third-order valence-electron chi connectivity index (χ3n) is 2.91. The van der Waals surface area contributed by atoms with Gasteiger partial charge in [0.15, 0.2) is 5.17 Å². The van der Waals surface area contributed by atoms with Crippen molar-refractivity contribution in [2.24, 2.45) is 10.2 Å². The Labute approximate surface area is 147 Å². The molecule has 26 heavy (non-hydrogen) atoms. The average Bonchev–Trinajstić information content (AvgIpc) is 2.88. The fraction of sp³-hybridized carbons (Fsp3) is 0.143. The molecule has 0 bridgehead atoms. The molecule has 1 aromatic carbocycles. The van der Waals surface area contributed by atoms with Gasteiger partial charge in [-0.2, -0.15) is 18.3 Å². The maximum absolute atomic E-state index is 13.6. The van der Waals surface area contributed by atoms with Crippen molar-refractivity contribution in [2.45, 2.75) is 6.18 Å². The monoisotopic (exact) mass is 391 g/mol. The van der Waals surface area contributed by atoms with Gasteiger partial charge in [0.05, 0.1) is 29.4 Å². The van der Waals surface area contributed by atoms with Gasteiger partial charge in [0.25, 0.3) is 5.91 Å². The number of halogens is 4. The highest BCUT2D eigenvalue weighted by Crippen LogP contribution is 2.37. The molecule has 1 heterocycles. The quantitative estimate of drug-likeness (QED) is 0.270. The van der Waals surface area contributed by atoms with E-state index in [1.807, 2.05) is 0 Å². The molecule has 0 saturated carbocycles. The van der Waals surface area contributed by atoms with E-state index >= 15 is 0 Å². The van der Waals surface area contributed by atoms with Crippen molar-refractivity contribution in [3.63, 3.8) is 0 Å². The molecule has 12 heteroatoms. The van der Waals surface area contributed by atoms with Gasteiger partial charge in [-0.05, 0) is 23.9 Å². The van der Waals surface area contributed by atoms with Crippen molar-refractivity contribution >= 4 is 35.0 Å². The van der Waals surface area contributed by atoms with Crippen LogP contribution in [0.5, 0.6) is 5.75 Å². The summed E-state index contributed by atoms with van der Waals surface area (Å²) in [7, 11) is 1.12. The molecule has 0 atom stereocenters. The number of phenolic OH excluding ortho intramolecular Hbond substituents is 1. The van der Waals surface area contributed by atoms with Gasteiger partial charge in [-0.3, -0.25) is 10.1 Å². The number of phenols is 1. The lowest BCUT2D eigenvalue weighted by Crippen LogP contribution is -2.19. The summed E-state index contributed by atoms with van der Waals surface area (Å²) in [6.45, 7) is 0. The predicted octanol–water partition coefficient (Wildman–Crippen LogP) is 2.16. The first-order valence-corrected chi connectivity index (χ1v) is 7.43. The van der Waals surface area contributed by atoms with Crippen molar-refractivity contribution in [2.75, 3.05) is 7.11 Å². The Kier molecular flexibility index (Phi) is 5.65. The highest BCUT2D eigenvalue weighted by atomic mass is 32.2. The van der Waals surface area contributed by atoms with Crippen LogP contribution >= 0.6 is 11.8 Å². The molecule has 2 rings (SSSR count). The van der Waals surface area contributed by atoms with E-state index in [0.29, 0.717) is 30.1 Å². The summed E-state index contributed by atoms with van der Waals surface area (Å²) < 4.78 is 56.1. The minimum absolute atomic E-state index is 0.0427. The van der Waals surface area contributed by atoms with Crippen LogP contribution in [0.15, 0.2) is 33.3 Å². The number of amides is 1. The first kappa shape index (κ1) is 19.4. The lowest BCUT2D eigenvalue weighted by atomic mass is 10.1. The number of alkyl halides is 3. The molecule has 7 nitrogen and oxygen atoms in total. The molecule has 0 aliphatic carbocycles. The molecule has 138 valence electrons. The summed E-state index contributed by atoms with van der Waals surface area (Å²) in [5, 5.41) is 18.5. The van der Waals surface area contributed by atoms with Gasteiger partial charge >= 0.3 is 12.1 Å². The van der Waals surface area contributed by atoms with Crippen LogP contribution in [-0.4, -0.2) is 35.5 Å². The molecule has 0 radical (unpaired) electrons. The number of carbonyl (C=O) groups excluding carboxylic acids is 2. The molecule has 1 fully saturated rings. The van der Waals surface area contributed by atoms with Gasteiger partial charge in [-0.15, -0.1) is 5.10 Å². The third-order valence-corrected chi connectivity index (χ3v) is 3.81. The van der Waals surface area contributed by atoms with Crippen LogP contribution in [0, 0.1) is 5.82 Å². The van der Waals surface area contributed by atoms with Gasteiger partial charge < -0.3 is 9.84 Å². The molecule has 2 N–H and O–H groups in total. The van der Waals surface area contributed by atoms with Crippen molar-refractivity contribution in [1.29, 1.82) is 0 Å². The first-order chi connectivity index (χ1) is 12.1. The van der Waals surface area contributed by atoms with Crippen molar-refractivity contribution in [3.8, 4) is 5.75 Å². The van der Waals surface area contributed by atoms with E-state index in [0.717, 1.165) is 13.2 Å². The number of benzene rings is 1. The minimum atomic E-state index is -4.88. The largest absolute Gasteiger partial charge is 0.507 e. The molecule has 0 aromatic heterocycles. The number of hydrogen-bond acceptors (Lipinski definition) is 7. The van der Waals surface area contributed by atoms with Crippen LogP contribution < -0.4 is 5.32 Å². The molecule has 1 aliphatic heterocycles. The van der Waals surface area contributed by atoms with Crippen LogP contribution in [0.3, 0.4) is 0 Å². The van der Waals surface area contributed by atoms with E-state index in [1.165, 1.54) is 0 Å². The van der Waals surface area contributed by atoms with Crippen LogP contribution in [-0.2, 0) is 20.5 Å². The lowest BCUT2D eigenvalue weighted by Gasteiger charge is -2.10. The maximum Gasteiger partial charge on any atom is 0.419 e. The number of aromatic hydroxyl groups is 1. The molecule has 0 spiro atoms. The zero-order valence-electron chi connectivity index (χ0n) is 12.8. The number of amidine groups is 1. The van der Waals surface area contributed by atoms with Crippen LogP contribution in [0.4, 0.5) is 17.6 Å². The van der Waals surface area contributed by atoms with Crippen molar-refractivity contribution in [1.82, 2.24) is 5.32 Å². The highest BCUT2D eigenvalue weighted by Gasteiger charge is 2.35. The van der Waals surface area contributed by atoms with E-state index < -0.39 is 40.7 Å². The number of methoxy groups -OCH3 is 1. The number of nitrogens with zero attached hydrogens (tertiary/aromatic N) is 2. The summed E-state index contributed by atoms with van der Waals surface area (Å²) in [5.74, 6) is -3.92. The van der Waals surface area contributed by atoms with Gasteiger partial charge in [0.2, 0.25) is 0 Å². The summed E-state index contributed by atoms with van der Waals surface area (Å²) in [6.07, 6.45) is -3.40. The normalized spacial score (nSPS) is 18.0. The Morgan fingerprint density at radius 1 is 1.38 bits per heavy atom. The van der Waals surface area contributed by atoms with Gasteiger partial charge in [0, 0.05) is 6.08 Å². The fourth-order valence-electron chi connectivity index (χ4n) is 1.72. The molecule has 1 aromatic rings. The van der Waals surface area contributed by atoms with Crippen molar-refractivity contribution < 1.29 is 37.0 Å². The Morgan fingerprint density at radius 2 is 2.08 bits per heavy atom. The Balaban J connectivity index is 2.24. The minimum Gasteiger partial charge on any atom is -0.507 e. The lowest BCUT2D eigenvalue weighted by molar-refractivity contribution is -0.139. The molecule has 1 amide bonds. The Morgan fingerprint density at radius 3 is 2.69 bits per heavy atom. The van der Waals surface area contributed by atoms with E-state index in [2.05, 4.69) is 20.3 Å². The number of nitrogens with one attached hydrogen (secondary N) is 1.